The molecule has 1 rings (SSSR count). The molecular weight excluding hydrogens is 244 g/mol. The van der Waals surface area contributed by atoms with Crippen molar-refractivity contribution in [2.75, 3.05) is 7.05 Å². The van der Waals surface area contributed by atoms with E-state index in [2.05, 4.69) is 10.6 Å². The zero-order chi connectivity index (χ0) is 14.5. The van der Waals surface area contributed by atoms with Gasteiger partial charge in [0.2, 0.25) is 5.91 Å². The van der Waals surface area contributed by atoms with Crippen LogP contribution in [0.1, 0.15) is 52.4 Å². The second kappa shape index (κ2) is 6.89. The fourth-order valence-electron chi connectivity index (χ4n) is 2.69. The lowest BCUT2D eigenvalue weighted by atomic mass is 9.79. The molecule has 3 N–H and O–H groups in total. The van der Waals surface area contributed by atoms with Gasteiger partial charge < -0.3 is 15.7 Å². The molecule has 0 aliphatic heterocycles. The molecule has 0 bridgehead atoms. The Morgan fingerprint density at radius 3 is 2.26 bits per heavy atom. The van der Waals surface area contributed by atoms with Crippen LogP contribution >= 0.6 is 0 Å². The van der Waals surface area contributed by atoms with Crippen molar-refractivity contribution in [3.8, 4) is 0 Å². The van der Waals surface area contributed by atoms with Crippen LogP contribution in [0.3, 0.4) is 0 Å². The van der Waals surface area contributed by atoms with E-state index in [0.717, 1.165) is 25.7 Å². The molecule has 1 aliphatic carbocycles. The molecule has 1 fully saturated rings. The lowest BCUT2D eigenvalue weighted by molar-refractivity contribution is -0.142. The first-order valence-electron chi connectivity index (χ1n) is 7.11. The zero-order valence-corrected chi connectivity index (χ0v) is 12.2. The van der Waals surface area contributed by atoms with Gasteiger partial charge in [0.1, 0.15) is 0 Å². The molecule has 110 valence electrons. The molecule has 19 heavy (non-hydrogen) atoms. The molecule has 2 atom stereocenters. The number of hydrogen-bond acceptors (Lipinski definition) is 3. The quantitative estimate of drug-likeness (QED) is 0.684. The molecule has 2 unspecified atom stereocenters. The summed E-state index contributed by atoms with van der Waals surface area (Å²) in [6, 6.07) is -0.345. The Morgan fingerprint density at radius 1 is 1.21 bits per heavy atom. The molecule has 0 spiro atoms. The minimum Gasteiger partial charge on any atom is -0.481 e. The third-order valence-electron chi connectivity index (χ3n) is 4.37. The Balaban J connectivity index is 2.51. The highest BCUT2D eigenvalue weighted by Crippen LogP contribution is 2.30. The van der Waals surface area contributed by atoms with Gasteiger partial charge in [-0.15, -0.1) is 0 Å². The summed E-state index contributed by atoms with van der Waals surface area (Å²) < 4.78 is 0. The van der Waals surface area contributed by atoms with Crippen LogP contribution in [-0.2, 0) is 9.59 Å². The molecule has 0 aromatic carbocycles. The molecule has 1 amide bonds. The van der Waals surface area contributed by atoms with Gasteiger partial charge in [-0.05, 0) is 33.7 Å². The third-order valence-corrected chi connectivity index (χ3v) is 4.37. The minimum atomic E-state index is -0.881. The molecular formula is C14H26N2O3. The SMILES string of the molecule is CNC1(CC(=O)NC(C)C(C)C(=O)O)CCCCC1. The number of nitrogens with one attached hydrogen (secondary N) is 2. The van der Waals surface area contributed by atoms with Crippen LogP contribution in [0.4, 0.5) is 0 Å². The highest BCUT2D eigenvalue weighted by atomic mass is 16.4. The summed E-state index contributed by atoms with van der Waals surface area (Å²) in [7, 11) is 1.90. The van der Waals surface area contributed by atoms with Crippen LogP contribution in [0.2, 0.25) is 0 Å². The third kappa shape index (κ3) is 4.49. The molecule has 0 saturated heterocycles. The van der Waals surface area contributed by atoms with Gasteiger partial charge in [0.05, 0.1) is 5.92 Å². The Bertz CT molecular complexity index is 325. The van der Waals surface area contributed by atoms with Gasteiger partial charge in [0.25, 0.3) is 0 Å². The standard InChI is InChI=1S/C14H26N2O3/c1-10(13(18)19)11(2)16-12(17)9-14(15-3)7-5-4-6-8-14/h10-11,15H,4-9H2,1-3H3,(H,16,17)(H,18,19). The number of carbonyl (C=O) groups excluding carboxylic acids is 1. The Labute approximate surface area is 115 Å². The number of carbonyl (C=O) groups is 2. The lowest BCUT2D eigenvalue weighted by Crippen LogP contribution is -2.50. The molecule has 5 heteroatoms. The van der Waals surface area contributed by atoms with Crippen LogP contribution in [0.15, 0.2) is 0 Å². The Hall–Kier alpha value is -1.10. The van der Waals surface area contributed by atoms with E-state index in [-0.39, 0.29) is 17.5 Å². The molecule has 0 heterocycles. The maximum Gasteiger partial charge on any atom is 0.308 e. The van der Waals surface area contributed by atoms with Gasteiger partial charge in [0, 0.05) is 18.0 Å². The van der Waals surface area contributed by atoms with Gasteiger partial charge in [-0.1, -0.05) is 19.3 Å². The first kappa shape index (κ1) is 16.0. The van der Waals surface area contributed by atoms with Crippen molar-refractivity contribution in [2.24, 2.45) is 5.92 Å². The monoisotopic (exact) mass is 270 g/mol. The minimum absolute atomic E-state index is 0.0585. The largest absolute Gasteiger partial charge is 0.481 e. The molecule has 0 aromatic rings. The zero-order valence-electron chi connectivity index (χ0n) is 12.2. The number of rotatable bonds is 6. The van der Waals surface area contributed by atoms with Crippen molar-refractivity contribution in [3.05, 3.63) is 0 Å². The van der Waals surface area contributed by atoms with E-state index in [9.17, 15) is 9.59 Å². The van der Waals surface area contributed by atoms with Crippen molar-refractivity contribution in [2.45, 2.75) is 64.0 Å². The first-order valence-corrected chi connectivity index (χ1v) is 7.11. The van der Waals surface area contributed by atoms with E-state index in [1.165, 1.54) is 6.42 Å². The van der Waals surface area contributed by atoms with E-state index in [0.29, 0.717) is 6.42 Å². The van der Waals surface area contributed by atoms with Crippen molar-refractivity contribution in [1.29, 1.82) is 0 Å². The predicted molar refractivity (Wildman–Crippen MR) is 73.9 cm³/mol. The molecule has 0 radical (unpaired) electrons. The Kier molecular flexibility index (Phi) is 5.79. The summed E-state index contributed by atoms with van der Waals surface area (Å²) in [6.07, 6.45) is 5.99. The second-order valence-electron chi connectivity index (χ2n) is 5.75. The lowest BCUT2D eigenvalue weighted by Gasteiger charge is -2.37. The number of aliphatic carboxylic acids is 1. The highest BCUT2D eigenvalue weighted by molar-refractivity contribution is 5.79. The molecule has 1 saturated carbocycles. The maximum atomic E-state index is 12.1. The van der Waals surface area contributed by atoms with Crippen LogP contribution in [-0.4, -0.2) is 35.6 Å². The van der Waals surface area contributed by atoms with Crippen LogP contribution < -0.4 is 10.6 Å². The van der Waals surface area contributed by atoms with Gasteiger partial charge in [0.15, 0.2) is 0 Å². The van der Waals surface area contributed by atoms with E-state index >= 15 is 0 Å². The van der Waals surface area contributed by atoms with Crippen molar-refractivity contribution in [1.82, 2.24) is 10.6 Å². The fraction of sp³-hybridized carbons (Fsp3) is 0.857. The number of amides is 1. The first-order chi connectivity index (χ1) is 8.90. The summed E-state index contributed by atoms with van der Waals surface area (Å²) in [5.41, 5.74) is -0.103. The second-order valence-corrected chi connectivity index (χ2v) is 5.75. The van der Waals surface area contributed by atoms with E-state index in [4.69, 9.17) is 5.11 Å². The Morgan fingerprint density at radius 2 is 1.79 bits per heavy atom. The summed E-state index contributed by atoms with van der Waals surface area (Å²) in [6.45, 7) is 3.35. The summed E-state index contributed by atoms with van der Waals surface area (Å²) in [4.78, 5) is 22.9. The van der Waals surface area contributed by atoms with Gasteiger partial charge in [-0.25, -0.2) is 0 Å². The van der Waals surface area contributed by atoms with Crippen molar-refractivity contribution < 1.29 is 14.7 Å². The normalized spacial score (nSPS) is 21.4. The van der Waals surface area contributed by atoms with Crippen molar-refractivity contribution >= 4 is 11.9 Å². The number of carboxylic acid groups (broad SMARTS) is 1. The van der Waals surface area contributed by atoms with Gasteiger partial charge in [-0.3, -0.25) is 9.59 Å². The summed E-state index contributed by atoms with van der Waals surface area (Å²) in [5.74, 6) is -1.51. The molecule has 0 aromatic heterocycles. The van der Waals surface area contributed by atoms with Crippen LogP contribution in [0.25, 0.3) is 0 Å². The van der Waals surface area contributed by atoms with Gasteiger partial charge >= 0.3 is 5.97 Å². The fourth-order valence-corrected chi connectivity index (χ4v) is 2.69. The van der Waals surface area contributed by atoms with Crippen LogP contribution in [0.5, 0.6) is 0 Å². The van der Waals surface area contributed by atoms with E-state index in [1.807, 2.05) is 7.05 Å². The molecule has 5 nitrogen and oxygen atoms in total. The maximum absolute atomic E-state index is 12.1. The van der Waals surface area contributed by atoms with Crippen molar-refractivity contribution in [3.63, 3.8) is 0 Å². The average molecular weight is 270 g/mol. The molecule has 1 aliphatic rings. The topological polar surface area (TPSA) is 78.4 Å². The summed E-state index contributed by atoms with van der Waals surface area (Å²) >= 11 is 0. The average Bonchev–Trinajstić information content (AvgIpc) is 2.38. The smallest absolute Gasteiger partial charge is 0.308 e. The van der Waals surface area contributed by atoms with E-state index < -0.39 is 11.9 Å². The summed E-state index contributed by atoms with van der Waals surface area (Å²) in [5, 5.41) is 15.0. The van der Waals surface area contributed by atoms with Crippen LogP contribution in [0, 0.1) is 5.92 Å². The highest BCUT2D eigenvalue weighted by Gasteiger charge is 2.33. The number of hydrogen-bond donors (Lipinski definition) is 3. The predicted octanol–water partition coefficient (Wildman–Crippen LogP) is 1.52. The van der Waals surface area contributed by atoms with Gasteiger partial charge in [-0.2, -0.15) is 0 Å². The number of carboxylic acids is 1. The van der Waals surface area contributed by atoms with E-state index in [1.54, 1.807) is 13.8 Å².